The minimum absolute atomic E-state index is 0.280. The van der Waals surface area contributed by atoms with E-state index < -0.39 is 0 Å². The summed E-state index contributed by atoms with van der Waals surface area (Å²) < 4.78 is 10.2. The second kappa shape index (κ2) is 5.13. The molecule has 5 nitrogen and oxygen atoms in total. The molecule has 1 rings (SSSR count). The van der Waals surface area contributed by atoms with Gasteiger partial charge in [-0.25, -0.2) is 0 Å². The Bertz CT molecular complexity index is 228. The zero-order valence-electron chi connectivity index (χ0n) is 6.82. The average molecular weight is 189 g/mol. The standard InChI is InChI=1S/C6H11N3O2S/c1-2-10-4-12-6-9-8-5(3-7)11-6/h2-4,7H2,1H3. The molecule has 0 spiro atoms. The third kappa shape index (κ3) is 2.80. The summed E-state index contributed by atoms with van der Waals surface area (Å²) in [6, 6.07) is 0. The molecule has 0 radical (unpaired) electrons. The summed E-state index contributed by atoms with van der Waals surface area (Å²) in [5.74, 6) is 0.983. The van der Waals surface area contributed by atoms with Gasteiger partial charge in [0.2, 0.25) is 5.89 Å². The molecule has 1 aromatic heterocycles. The highest BCUT2D eigenvalue weighted by molar-refractivity contribution is 7.98. The molecule has 0 atom stereocenters. The van der Waals surface area contributed by atoms with Gasteiger partial charge in [-0.05, 0) is 18.7 Å². The number of hydrogen-bond acceptors (Lipinski definition) is 6. The summed E-state index contributed by atoms with van der Waals surface area (Å²) in [6.45, 7) is 2.90. The van der Waals surface area contributed by atoms with E-state index in [1.165, 1.54) is 11.8 Å². The van der Waals surface area contributed by atoms with Crippen LogP contribution in [-0.4, -0.2) is 22.7 Å². The lowest BCUT2D eigenvalue weighted by atomic mass is 10.7. The van der Waals surface area contributed by atoms with Gasteiger partial charge in [0.25, 0.3) is 5.22 Å². The van der Waals surface area contributed by atoms with Crippen LogP contribution in [0.2, 0.25) is 0 Å². The van der Waals surface area contributed by atoms with Crippen LogP contribution < -0.4 is 5.73 Å². The molecule has 0 aromatic carbocycles. The molecule has 0 fully saturated rings. The maximum Gasteiger partial charge on any atom is 0.278 e. The normalized spacial score (nSPS) is 10.5. The highest BCUT2D eigenvalue weighted by atomic mass is 32.2. The fourth-order valence-corrected chi connectivity index (χ4v) is 1.16. The number of hydrogen-bond donors (Lipinski definition) is 1. The summed E-state index contributed by atoms with van der Waals surface area (Å²) in [5.41, 5.74) is 5.28. The Kier molecular flexibility index (Phi) is 4.06. The molecule has 68 valence electrons. The molecule has 12 heavy (non-hydrogen) atoms. The van der Waals surface area contributed by atoms with Gasteiger partial charge in [0.1, 0.15) is 5.94 Å². The van der Waals surface area contributed by atoms with E-state index in [-0.39, 0.29) is 6.54 Å². The summed E-state index contributed by atoms with van der Waals surface area (Å²) in [6.07, 6.45) is 0. The van der Waals surface area contributed by atoms with Crippen LogP contribution >= 0.6 is 11.8 Å². The van der Waals surface area contributed by atoms with Gasteiger partial charge < -0.3 is 14.9 Å². The highest BCUT2D eigenvalue weighted by Crippen LogP contribution is 2.15. The van der Waals surface area contributed by atoms with E-state index in [2.05, 4.69) is 10.2 Å². The van der Waals surface area contributed by atoms with Crippen LogP contribution in [0.4, 0.5) is 0 Å². The molecule has 2 N–H and O–H groups in total. The Hall–Kier alpha value is -0.590. The van der Waals surface area contributed by atoms with Crippen molar-refractivity contribution >= 4 is 11.8 Å². The molecule has 0 aliphatic heterocycles. The SMILES string of the molecule is CCOCSc1nnc(CN)o1. The average Bonchev–Trinajstić information content (AvgIpc) is 2.53. The van der Waals surface area contributed by atoms with Gasteiger partial charge >= 0.3 is 0 Å². The van der Waals surface area contributed by atoms with E-state index in [4.69, 9.17) is 14.9 Å². The van der Waals surface area contributed by atoms with Crippen LogP contribution in [0.15, 0.2) is 9.64 Å². The van der Waals surface area contributed by atoms with Crippen LogP contribution in [0.5, 0.6) is 0 Å². The number of nitrogens with two attached hydrogens (primary N) is 1. The van der Waals surface area contributed by atoms with Gasteiger partial charge in [-0.15, -0.1) is 10.2 Å². The fraction of sp³-hybridized carbons (Fsp3) is 0.667. The Morgan fingerprint density at radius 3 is 3.00 bits per heavy atom. The highest BCUT2D eigenvalue weighted by Gasteiger charge is 2.03. The third-order valence-electron chi connectivity index (χ3n) is 1.09. The summed E-state index contributed by atoms with van der Waals surface area (Å²) in [4.78, 5) is 0. The maximum absolute atomic E-state index is 5.28. The molecule has 0 saturated carbocycles. The van der Waals surface area contributed by atoms with Crippen molar-refractivity contribution in [3.63, 3.8) is 0 Å². The van der Waals surface area contributed by atoms with E-state index >= 15 is 0 Å². The van der Waals surface area contributed by atoms with Crippen molar-refractivity contribution in [1.29, 1.82) is 0 Å². The predicted molar refractivity (Wildman–Crippen MR) is 44.5 cm³/mol. The van der Waals surface area contributed by atoms with Crippen LogP contribution in [0.1, 0.15) is 12.8 Å². The monoisotopic (exact) mass is 189 g/mol. The topological polar surface area (TPSA) is 74.2 Å². The lowest BCUT2D eigenvalue weighted by Crippen LogP contribution is -1.95. The van der Waals surface area contributed by atoms with Crippen molar-refractivity contribution in [3.8, 4) is 0 Å². The van der Waals surface area contributed by atoms with Crippen LogP contribution in [0, 0.1) is 0 Å². The fourth-order valence-electron chi connectivity index (χ4n) is 0.554. The molecule has 1 aromatic rings. The third-order valence-corrected chi connectivity index (χ3v) is 1.79. The summed E-state index contributed by atoms with van der Waals surface area (Å²) in [5, 5.41) is 7.94. The maximum atomic E-state index is 5.28. The largest absolute Gasteiger partial charge is 0.414 e. The number of rotatable bonds is 5. The van der Waals surface area contributed by atoms with Crippen molar-refractivity contribution in [1.82, 2.24) is 10.2 Å². The molecule has 0 unspecified atom stereocenters. The smallest absolute Gasteiger partial charge is 0.278 e. The lowest BCUT2D eigenvalue weighted by molar-refractivity contribution is 0.198. The second-order valence-corrected chi connectivity index (χ2v) is 2.79. The zero-order valence-corrected chi connectivity index (χ0v) is 7.63. The number of thioether (sulfide) groups is 1. The van der Waals surface area contributed by atoms with Crippen LogP contribution in [0.25, 0.3) is 0 Å². The lowest BCUT2D eigenvalue weighted by Gasteiger charge is -1.94. The molecule has 6 heteroatoms. The number of ether oxygens (including phenoxy) is 1. The number of nitrogens with zero attached hydrogens (tertiary/aromatic N) is 2. The second-order valence-electron chi connectivity index (χ2n) is 1.92. The Balaban J connectivity index is 2.31. The van der Waals surface area contributed by atoms with Crippen molar-refractivity contribution in [2.75, 3.05) is 12.5 Å². The first-order valence-corrected chi connectivity index (χ1v) is 4.58. The minimum Gasteiger partial charge on any atom is -0.414 e. The van der Waals surface area contributed by atoms with Gasteiger partial charge in [-0.1, -0.05) is 0 Å². The van der Waals surface area contributed by atoms with E-state index in [9.17, 15) is 0 Å². The van der Waals surface area contributed by atoms with Gasteiger partial charge in [0.05, 0.1) is 6.54 Å². The molecule has 0 bridgehead atoms. The molecule has 0 amide bonds. The minimum atomic E-state index is 0.280. The van der Waals surface area contributed by atoms with Crippen molar-refractivity contribution in [2.45, 2.75) is 18.7 Å². The van der Waals surface area contributed by atoms with E-state index in [0.717, 1.165) is 0 Å². The quantitative estimate of drug-likeness (QED) is 0.415. The summed E-state index contributed by atoms with van der Waals surface area (Å²) >= 11 is 1.36. The Labute approximate surface area is 74.7 Å². The molecular weight excluding hydrogens is 178 g/mol. The van der Waals surface area contributed by atoms with Crippen LogP contribution in [0.3, 0.4) is 0 Å². The molecule has 1 heterocycles. The number of aromatic nitrogens is 2. The Morgan fingerprint density at radius 1 is 1.58 bits per heavy atom. The van der Waals surface area contributed by atoms with E-state index in [1.54, 1.807) is 0 Å². The molecular formula is C6H11N3O2S. The first-order chi connectivity index (χ1) is 5.86. The van der Waals surface area contributed by atoms with Gasteiger partial charge in [0.15, 0.2) is 0 Å². The van der Waals surface area contributed by atoms with Crippen molar-refractivity contribution in [2.24, 2.45) is 5.73 Å². The first kappa shape index (κ1) is 9.50. The van der Waals surface area contributed by atoms with Gasteiger partial charge in [-0.3, -0.25) is 0 Å². The molecule has 0 aliphatic carbocycles. The Morgan fingerprint density at radius 2 is 2.42 bits per heavy atom. The predicted octanol–water partition coefficient (Wildman–Crippen LogP) is 0.614. The van der Waals surface area contributed by atoms with Gasteiger partial charge in [0, 0.05) is 6.61 Å². The van der Waals surface area contributed by atoms with Crippen LogP contribution in [-0.2, 0) is 11.3 Å². The zero-order chi connectivity index (χ0) is 8.81. The van der Waals surface area contributed by atoms with E-state index in [1.807, 2.05) is 6.92 Å². The first-order valence-electron chi connectivity index (χ1n) is 3.59. The van der Waals surface area contributed by atoms with Gasteiger partial charge in [-0.2, -0.15) is 0 Å². The molecule has 0 saturated heterocycles. The summed E-state index contributed by atoms with van der Waals surface area (Å²) in [7, 11) is 0. The van der Waals surface area contributed by atoms with Crippen molar-refractivity contribution < 1.29 is 9.15 Å². The molecule has 0 aliphatic rings. The van der Waals surface area contributed by atoms with E-state index in [0.29, 0.717) is 23.7 Å². The van der Waals surface area contributed by atoms with Crippen molar-refractivity contribution in [3.05, 3.63) is 5.89 Å².